The summed E-state index contributed by atoms with van der Waals surface area (Å²) in [4.78, 5) is 0. The lowest BCUT2D eigenvalue weighted by atomic mass is 10.3. The molecular formula is C9H13N5. The number of anilines is 1. The van der Waals surface area contributed by atoms with E-state index in [1.807, 2.05) is 32.6 Å². The van der Waals surface area contributed by atoms with Gasteiger partial charge in [-0.1, -0.05) is 0 Å². The van der Waals surface area contributed by atoms with Gasteiger partial charge in [0.1, 0.15) is 5.82 Å². The molecule has 14 heavy (non-hydrogen) atoms. The molecule has 74 valence electrons. The third-order valence-corrected chi connectivity index (χ3v) is 2.05. The molecule has 1 N–H and O–H groups in total. The molecule has 5 nitrogen and oxygen atoms in total. The minimum Gasteiger partial charge on any atom is -0.366 e. The van der Waals surface area contributed by atoms with Gasteiger partial charge in [0.25, 0.3) is 0 Å². The minimum absolute atomic E-state index is 0.771. The molecule has 0 bridgehead atoms. The highest BCUT2D eigenvalue weighted by Crippen LogP contribution is 2.06. The average Bonchev–Trinajstić information content (AvgIpc) is 2.72. The maximum atomic E-state index is 4.09. The molecule has 0 aliphatic carbocycles. The van der Waals surface area contributed by atoms with Gasteiger partial charge in [-0.05, 0) is 0 Å². The van der Waals surface area contributed by atoms with E-state index in [0.29, 0.717) is 0 Å². The zero-order valence-corrected chi connectivity index (χ0v) is 8.31. The van der Waals surface area contributed by atoms with Crippen LogP contribution in [0.1, 0.15) is 5.56 Å². The number of hydrogen-bond donors (Lipinski definition) is 1. The van der Waals surface area contributed by atoms with E-state index in [4.69, 9.17) is 0 Å². The Morgan fingerprint density at radius 1 is 1.36 bits per heavy atom. The fraction of sp³-hybridized carbons (Fsp3) is 0.333. The van der Waals surface area contributed by atoms with Crippen LogP contribution in [0.4, 0.5) is 5.82 Å². The summed E-state index contributed by atoms with van der Waals surface area (Å²) in [6, 6.07) is 1.94. The van der Waals surface area contributed by atoms with Crippen molar-refractivity contribution in [2.24, 2.45) is 14.1 Å². The normalized spacial score (nSPS) is 10.4. The quantitative estimate of drug-likeness (QED) is 0.779. The Labute approximate surface area is 82.3 Å². The molecule has 0 atom stereocenters. The predicted molar refractivity (Wildman–Crippen MR) is 53.7 cm³/mol. The molecule has 2 aromatic heterocycles. The van der Waals surface area contributed by atoms with E-state index in [0.717, 1.165) is 17.9 Å². The standard InChI is InChI=1S/C9H13N5/c1-13-7-8(6-12-13)5-10-9-3-4-11-14(9)2/h3-4,6-7,10H,5H2,1-2H3. The maximum Gasteiger partial charge on any atom is 0.124 e. The summed E-state index contributed by atoms with van der Waals surface area (Å²) < 4.78 is 3.59. The van der Waals surface area contributed by atoms with Crippen molar-refractivity contribution in [1.29, 1.82) is 0 Å². The number of aromatic nitrogens is 4. The van der Waals surface area contributed by atoms with Gasteiger partial charge in [0.2, 0.25) is 0 Å². The van der Waals surface area contributed by atoms with Gasteiger partial charge >= 0.3 is 0 Å². The van der Waals surface area contributed by atoms with Crippen LogP contribution >= 0.6 is 0 Å². The van der Waals surface area contributed by atoms with Crippen molar-refractivity contribution in [2.75, 3.05) is 5.32 Å². The Hall–Kier alpha value is -1.78. The summed E-state index contributed by atoms with van der Waals surface area (Å²) in [7, 11) is 3.82. The van der Waals surface area contributed by atoms with Crippen molar-refractivity contribution >= 4 is 5.82 Å². The van der Waals surface area contributed by atoms with Crippen LogP contribution in [0.25, 0.3) is 0 Å². The lowest BCUT2D eigenvalue weighted by molar-refractivity contribution is 0.764. The molecule has 0 fully saturated rings. The van der Waals surface area contributed by atoms with Gasteiger partial charge in [-0.25, -0.2) is 0 Å². The van der Waals surface area contributed by atoms with Crippen molar-refractivity contribution in [3.8, 4) is 0 Å². The SMILES string of the molecule is Cn1cc(CNc2ccnn2C)cn1. The summed E-state index contributed by atoms with van der Waals surface area (Å²) in [5, 5.41) is 11.4. The number of rotatable bonds is 3. The molecule has 0 amide bonds. The van der Waals surface area contributed by atoms with E-state index in [9.17, 15) is 0 Å². The summed E-state index contributed by atoms with van der Waals surface area (Å²) in [5.74, 6) is 1.01. The second-order valence-corrected chi connectivity index (χ2v) is 3.22. The summed E-state index contributed by atoms with van der Waals surface area (Å²) in [6.07, 6.45) is 5.61. The molecule has 0 unspecified atom stereocenters. The zero-order chi connectivity index (χ0) is 9.97. The van der Waals surface area contributed by atoms with E-state index >= 15 is 0 Å². The topological polar surface area (TPSA) is 47.7 Å². The van der Waals surface area contributed by atoms with Gasteiger partial charge in [0.05, 0.1) is 12.4 Å². The van der Waals surface area contributed by atoms with Crippen LogP contribution in [0.15, 0.2) is 24.7 Å². The monoisotopic (exact) mass is 191 g/mol. The second-order valence-electron chi connectivity index (χ2n) is 3.22. The molecular weight excluding hydrogens is 178 g/mol. The highest BCUT2D eigenvalue weighted by molar-refractivity contribution is 5.34. The Kier molecular flexibility index (Phi) is 2.22. The van der Waals surface area contributed by atoms with Gasteiger partial charge < -0.3 is 5.32 Å². The van der Waals surface area contributed by atoms with Gasteiger partial charge in [-0.3, -0.25) is 9.36 Å². The highest BCUT2D eigenvalue weighted by atomic mass is 15.3. The van der Waals surface area contributed by atoms with Crippen LogP contribution in [0.2, 0.25) is 0 Å². The highest BCUT2D eigenvalue weighted by Gasteiger charge is 1.98. The number of hydrogen-bond acceptors (Lipinski definition) is 3. The van der Waals surface area contributed by atoms with E-state index in [1.54, 1.807) is 15.6 Å². The van der Waals surface area contributed by atoms with Crippen LogP contribution in [-0.4, -0.2) is 19.6 Å². The first-order valence-corrected chi connectivity index (χ1v) is 4.45. The molecule has 0 spiro atoms. The van der Waals surface area contributed by atoms with Gasteiger partial charge in [0.15, 0.2) is 0 Å². The first-order chi connectivity index (χ1) is 6.75. The number of nitrogens with one attached hydrogen (secondary N) is 1. The number of nitrogens with zero attached hydrogens (tertiary/aromatic N) is 4. The summed E-state index contributed by atoms with van der Waals surface area (Å²) in [6.45, 7) is 0.771. The molecule has 0 saturated heterocycles. The van der Waals surface area contributed by atoms with Crippen molar-refractivity contribution in [3.63, 3.8) is 0 Å². The first kappa shape index (κ1) is 8.80. The van der Waals surface area contributed by atoms with Crippen LogP contribution in [-0.2, 0) is 20.6 Å². The van der Waals surface area contributed by atoms with Crippen molar-refractivity contribution in [3.05, 3.63) is 30.2 Å². The predicted octanol–water partition coefficient (Wildman–Crippen LogP) is 0.766. The van der Waals surface area contributed by atoms with Gasteiger partial charge in [-0.2, -0.15) is 10.2 Å². The van der Waals surface area contributed by atoms with Gasteiger partial charge in [0, 0.05) is 38.5 Å². The Bertz CT molecular complexity index is 414. The molecule has 2 rings (SSSR count). The smallest absolute Gasteiger partial charge is 0.124 e. The Balaban J connectivity index is 1.98. The van der Waals surface area contributed by atoms with Crippen LogP contribution < -0.4 is 5.32 Å². The third-order valence-electron chi connectivity index (χ3n) is 2.05. The molecule has 0 saturated carbocycles. The fourth-order valence-corrected chi connectivity index (χ4v) is 1.30. The fourth-order valence-electron chi connectivity index (χ4n) is 1.30. The van der Waals surface area contributed by atoms with Crippen molar-refractivity contribution in [2.45, 2.75) is 6.54 Å². The van der Waals surface area contributed by atoms with E-state index < -0.39 is 0 Å². The molecule has 0 aliphatic heterocycles. The lowest BCUT2D eigenvalue weighted by Gasteiger charge is -2.03. The van der Waals surface area contributed by atoms with E-state index in [1.165, 1.54) is 0 Å². The van der Waals surface area contributed by atoms with Crippen LogP contribution in [0.5, 0.6) is 0 Å². The Morgan fingerprint density at radius 2 is 2.21 bits per heavy atom. The molecule has 0 aromatic carbocycles. The summed E-state index contributed by atoms with van der Waals surface area (Å²) in [5.41, 5.74) is 1.16. The van der Waals surface area contributed by atoms with Crippen LogP contribution in [0.3, 0.4) is 0 Å². The molecule has 0 aliphatic rings. The zero-order valence-electron chi connectivity index (χ0n) is 8.31. The third kappa shape index (κ3) is 1.76. The van der Waals surface area contributed by atoms with Crippen molar-refractivity contribution < 1.29 is 0 Å². The lowest BCUT2D eigenvalue weighted by Crippen LogP contribution is -2.03. The molecule has 2 heterocycles. The minimum atomic E-state index is 0.771. The number of aryl methyl sites for hydroxylation is 2. The van der Waals surface area contributed by atoms with Crippen molar-refractivity contribution in [1.82, 2.24) is 19.6 Å². The second kappa shape index (κ2) is 3.53. The summed E-state index contributed by atoms with van der Waals surface area (Å²) >= 11 is 0. The average molecular weight is 191 g/mol. The maximum absolute atomic E-state index is 4.09. The van der Waals surface area contributed by atoms with E-state index in [2.05, 4.69) is 15.5 Å². The first-order valence-electron chi connectivity index (χ1n) is 4.45. The van der Waals surface area contributed by atoms with Gasteiger partial charge in [-0.15, -0.1) is 0 Å². The molecule has 5 heteroatoms. The molecule has 2 aromatic rings. The molecule has 0 radical (unpaired) electrons. The Morgan fingerprint density at radius 3 is 2.79 bits per heavy atom. The van der Waals surface area contributed by atoms with E-state index in [-0.39, 0.29) is 0 Å². The van der Waals surface area contributed by atoms with Crippen LogP contribution in [0, 0.1) is 0 Å². The largest absolute Gasteiger partial charge is 0.366 e.